The van der Waals surface area contributed by atoms with Crippen molar-refractivity contribution in [3.8, 4) is 0 Å². The van der Waals surface area contributed by atoms with Crippen LogP contribution in [-0.4, -0.2) is 12.5 Å². The highest BCUT2D eigenvalue weighted by atomic mass is 79.9. The number of carbonyl (C=O) groups is 1. The monoisotopic (exact) mass is 270 g/mol. The third-order valence-electron chi connectivity index (χ3n) is 3.13. The third-order valence-corrected chi connectivity index (χ3v) is 3.63. The van der Waals surface area contributed by atoms with Crippen molar-refractivity contribution >= 4 is 22.2 Å². The lowest BCUT2D eigenvalue weighted by Gasteiger charge is -2.41. The van der Waals surface area contributed by atoms with Crippen molar-refractivity contribution in [1.82, 2.24) is 0 Å². The predicted octanol–water partition coefficient (Wildman–Crippen LogP) is 3.33. The van der Waals surface area contributed by atoms with Crippen LogP contribution in [0.2, 0.25) is 0 Å². The van der Waals surface area contributed by atoms with Gasteiger partial charge in [-0.15, -0.1) is 0 Å². The van der Waals surface area contributed by atoms with Crippen molar-refractivity contribution in [2.24, 2.45) is 0 Å². The molecule has 0 saturated heterocycles. The van der Waals surface area contributed by atoms with E-state index in [4.69, 9.17) is 0 Å². The van der Waals surface area contributed by atoms with Crippen LogP contribution in [0, 0.1) is 6.92 Å². The Kier molecular flexibility index (Phi) is 2.67. The van der Waals surface area contributed by atoms with Crippen LogP contribution in [0.3, 0.4) is 0 Å². The molecule has 0 heterocycles. The summed E-state index contributed by atoms with van der Waals surface area (Å²) in [7, 11) is 0. The summed E-state index contributed by atoms with van der Waals surface area (Å²) in [6.07, 6.45) is 0.730. The van der Waals surface area contributed by atoms with Crippen LogP contribution in [0.4, 0.5) is 4.39 Å². The van der Waals surface area contributed by atoms with Crippen LogP contribution in [0.15, 0.2) is 22.7 Å². The molecule has 1 aromatic carbocycles. The molecule has 1 fully saturated rings. The lowest BCUT2D eigenvalue weighted by atomic mass is 9.63. The molecule has 1 nitrogen and oxygen atoms in total. The first kappa shape index (κ1) is 10.8. The highest BCUT2D eigenvalue weighted by molar-refractivity contribution is 9.10. The summed E-state index contributed by atoms with van der Waals surface area (Å²) < 4.78 is 13.9. The molecule has 3 heteroatoms. The zero-order valence-electron chi connectivity index (χ0n) is 8.47. The van der Waals surface area contributed by atoms with E-state index < -0.39 is 11.6 Å². The number of benzene rings is 1. The Balaban J connectivity index is 2.43. The van der Waals surface area contributed by atoms with Crippen LogP contribution >= 0.6 is 15.9 Å². The van der Waals surface area contributed by atoms with Gasteiger partial charge in [0.2, 0.25) is 0 Å². The zero-order valence-corrected chi connectivity index (χ0v) is 10.1. The summed E-state index contributed by atoms with van der Waals surface area (Å²) in [6, 6.07) is 5.81. The average Bonchev–Trinajstić information content (AvgIpc) is 2.17. The van der Waals surface area contributed by atoms with E-state index in [2.05, 4.69) is 15.9 Å². The Bertz CT molecular complexity index is 397. The second-order valence-electron chi connectivity index (χ2n) is 4.24. The SMILES string of the molecule is Cc1ccc(Br)cc1C1(C=O)CC(F)C1. The van der Waals surface area contributed by atoms with Crippen LogP contribution in [0.5, 0.6) is 0 Å². The van der Waals surface area contributed by atoms with Crippen LogP contribution in [0.25, 0.3) is 0 Å². The van der Waals surface area contributed by atoms with Gasteiger partial charge in [0, 0.05) is 4.47 Å². The molecular formula is C12H12BrFO. The van der Waals surface area contributed by atoms with Crippen molar-refractivity contribution in [1.29, 1.82) is 0 Å². The quantitative estimate of drug-likeness (QED) is 0.754. The molecule has 0 aromatic heterocycles. The van der Waals surface area contributed by atoms with Crippen molar-refractivity contribution in [2.45, 2.75) is 31.4 Å². The number of alkyl halides is 1. The fourth-order valence-electron chi connectivity index (χ4n) is 2.24. The topological polar surface area (TPSA) is 17.1 Å². The first-order valence-corrected chi connectivity index (χ1v) is 5.74. The van der Waals surface area contributed by atoms with Gasteiger partial charge in [-0.05, 0) is 43.0 Å². The molecule has 0 radical (unpaired) electrons. The van der Waals surface area contributed by atoms with Gasteiger partial charge in [0.05, 0.1) is 5.41 Å². The Labute approximate surface area is 96.8 Å². The Morgan fingerprint density at radius 3 is 2.73 bits per heavy atom. The molecule has 0 aliphatic heterocycles. The van der Waals surface area contributed by atoms with E-state index in [9.17, 15) is 9.18 Å². The molecular weight excluding hydrogens is 259 g/mol. The summed E-state index contributed by atoms with van der Waals surface area (Å²) in [5, 5.41) is 0. The predicted molar refractivity (Wildman–Crippen MR) is 60.8 cm³/mol. The van der Waals surface area contributed by atoms with Gasteiger partial charge in [0.25, 0.3) is 0 Å². The van der Waals surface area contributed by atoms with E-state index in [-0.39, 0.29) is 0 Å². The molecule has 0 unspecified atom stereocenters. The first-order valence-electron chi connectivity index (χ1n) is 4.94. The van der Waals surface area contributed by atoms with Crippen molar-refractivity contribution < 1.29 is 9.18 Å². The van der Waals surface area contributed by atoms with Crippen LogP contribution in [-0.2, 0) is 10.2 Å². The Hall–Kier alpha value is -0.700. The molecule has 15 heavy (non-hydrogen) atoms. The van der Waals surface area contributed by atoms with Crippen LogP contribution in [0.1, 0.15) is 24.0 Å². The maximum atomic E-state index is 12.9. The molecule has 1 aliphatic rings. The lowest BCUT2D eigenvalue weighted by Crippen LogP contribution is -2.44. The molecule has 0 spiro atoms. The van der Waals surface area contributed by atoms with E-state index in [0.717, 1.165) is 21.9 Å². The summed E-state index contributed by atoms with van der Waals surface area (Å²) in [5.41, 5.74) is 1.44. The number of halogens is 2. The molecule has 0 atom stereocenters. The van der Waals surface area contributed by atoms with E-state index in [1.165, 1.54) is 0 Å². The van der Waals surface area contributed by atoms with E-state index in [1.807, 2.05) is 25.1 Å². The fourth-order valence-corrected chi connectivity index (χ4v) is 2.60. The maximum absolute atomic E-state index is 12.9. The van der Waals surface area contributed by atoms with Crippen molar-refractivity contribution in [2.75, 3.05) is 0 Å². The van der Waals surface area contributed by atoms with Crippen molar-refractivity contribution in [3.63, 3.8) is 0 Å². The number of hydrogen-bond acceptors (Lipinski definition) is 1. The molecule has 0 N–H and O–H groups in total. The summed E-state index contributed by atoms with van der Waals surface area (Å²) in [5.74, 6) is 0. The van der Waals surface area contributed by atoms with Gasteiger partial charge in [-0.3, -0.25) is 0 Å². The minimum atomic E-state index is -0.825. The lowest BCUT2D eigenvalue weighted by molar-refractivity contribution is -0.117. The molecule has 2 rings (SSSR count). The molecule has 1 aliphatic carbocycles. The maximum Gasteiger partial charge on any atom is 0.130 e. The molecule has 1 saturated carbocycles. The average molecular weight is 271 g/mol. The van der Waals surface area contributed by atoms with Gasteiger partial charge in [0.15, 0.2) is 0 Å². The van der Waals surface area contributed by atoms with Crippen molar-refractivity contribution in [3.05, 3.63) is 33.8 Å². The summed E-state index contributed by atoms with van der Waals surface area (Å²) >= 11 is 3.38. The van der Waals surface area contributed by atoms with E-state index in [1.54, 1.807) is 0 Å². The summed E-state index contributed by atoms with van der Waals surface area (Å²) in [6.45, 7) is 1.96. The zero-order chi connectivity index (χ0) is 11.1. The largest absolute Gasteiger partial charge is 0.302 e. The standard InChI is InChI=1S/C12H12BrFO/c1-8-2-3-9(13)4-11(8)12(7-15)5-10(14)6-12/h2-4,7,10H,5-6H2,1H3. The fraction of sp³-hybridized carbons (Fsp3) is 0.417. The van der Waals surface area contributed by atoms with Gasteiger partial charge in [-0.1, -0.05) is 22.0 Å². The molecule has 0 amide bonds. The second kappa shape index (κ2) is 3.71. The van der Waals surface area contributed by atoms with E-state index >= 15 is 0 Å². The normalized spacial score (nSPS) is 29.7. The number of rotatable bonds is 2. The Morgan fingerprint density at radius 2 is 2.20 bits per heavy atom. The molecule has 1 aromatic rings. The Morgan fingerprint density at radius 1 is 1.53 bits per heavy atom. The van der Waals surface area contributed by atoms with Gasteiger partial charge in [-0.25, -0.2) is 4.39 Å². The number of aldehydes is 1. The van der Waals surface area contributed by atoms with Gasteiger partial charge >= 0.3 is 0 Å². The number of aryl methyl sites for hydroxylation is 1. The molecule has 0 bridgehead atoms. The smallest absolute Gasteiger partial charge is 0.130 e. The highest BCUT2D eigenvalue weighted by Gasteiger charge is 2.46. The summed E-state index contributed by atoms with van der Waals surface area (Å²) in [4.78, 5) is 11.1. The minimum Gasteiger partial charge on any atom is -0.302 e. The highest BCUT2D eigenvalue weighted by Crippen LogP contribution is 2.45. The van der Waals surface area contributed by atoms with Gasteiger partial charge in [-0.2, -0.15) is 0 Å². The number of hydrogen-bond donors (Lipinski definition) is 0. The third kappa shape index (κ3) is 1.73. The van der Waals surface area contributed by atoms with Gasteiger partial charge in [0.1, 0.15) is 12.5 Å². The van der Waals surface area contributed by atoms with Gasteiger partial charge < -0.3 is 4.79 Å². The second-order valence-corrected chi connectivity index (χ2v) is 5.15. The van der Waals surface area contributed by atoms with Crippen LogP contribution < -0.4 is 0 Å². The van der Waals surface area contributed by atoms with E-state index in [0.29, 0.717) is 12.8 Å². The molecule has 80 valence electrons. The first-order chi connectivity index (χ1) is 7.07. The number of carbonyl (C=O) groups excluding carboxylic acids is 1. The minimum absolute atomic E-state index is 0.327.